The van der Waals surface area contributed by atoms with Gasteiger partial charge in [-0.05, 0) is 114 Å². The molecule has 0 saturated carbocycles. The number of piperidine rings is 1. The molecule has 1 unspecified atom stereocenters. The number of oxazole rings is 1. The van der Waals surface area contributed by atoms with Crippen LogP contribution >= 0.6 is 11.6 Å². The fourth-order valence-electron chi connectivity index (χ4n) is 7.91. The van der Waals surface area contributed by atoms with Gasteiger partial charge in [-0.1, -0.05) is 23.7 Å². The highest BCUT2D eigenvalue weighted by Crippen LogP contribution is 2.43. The van der Waals surface area contributed by atoms with Gasteiger partial charge in [-0.15, -0.1) is 0 Å². The highest BCUT2D eigenvalue weighted by Gasteiger charge is 2.35. The molecule has 4 heterocycles. The molecule has 2 aliphatic rings. The molecule has 11 nitrogen and oxygen atoms in total. The van der Waals surface area contributed by atoms with E-state index >= 15 is 0 Å². The minimum absolute atomic E-state index is 0.250. The fraction of sp³-hybridized carbons (Fsp3) is 0.450. The first-order valence-electron chi connectivity index (χ1n) is 18.0. The van der Waals surface area contributed by atoms with E-state index in [0.717, 1.165) is 78.7 Å². The molecule has 2 aliphatic heterocycles. The zero-order chi connectivity index (χ0) is 36.9. The molecule has 2 aromatic heterocycles. The van der Waals surface area contributed by atoms with Crippen LogP contribution in [0.2, 0.25) is 5.02 Å². The predicted molar refractivity (Wildman–Crippen MR) is 201 cm³/mol. The number of amides is 1. The number of likely N-dealkylation sites (tertiary alicyclic amines) is 2. The van der Waals surface area contributed by atoms with Crippen LogP contribution in [0.1, 0.15) is 75.8 Å². The van der Waals surface area contributed by atoms with Crippen LogP contribution in [0.3, 0.4) is 0 Å². The molecule has 2 atom stereocenters. The Morgan fingerprint density at radius 3 is 2.40 bits per heavy atom. The molecule has 2 saturated heterocycles. The number of hydrogen-bond donors (Lipinski definition) is 1. The number of hydrogen-bond acceptors (Lipinski definition) is 8. The second kappa shape index (κ2) is 14.2. The molecule has 12 heteroatoms. The first-order valence-corrected chi connectivity index (χ1v) is 18.4. The van der Waals surface area contributed by atoms with Crippen LogP contribution in [0.15, 0.2) is 52.9 Å². The van der Waals surface area contributed by atoms with Gasteiger partial charge in [0.2, 0.25) is 5.89 Å². The summed E-state index contributed by atoms with van der Waals surface area (Å²) in [5.41, 5.74) is 5.97. The number of nitrogens with zero attached hydrogens (tertiary/aromatic N) is 5. The molecule has 0 radical (unpaired) electrons. The average Bonchev–Trinajstić information content (AvgIpc) is 3.87. The smallest absolute Gasteiger partial charge is 0.409 e. The van der Waals surface area contributed by atoms with Gasteiger partial charge in [-0.2, -0.15) is 5.10 Å². The van der Waals surface area contributed by atoms with E-state index in [4.69, 9.17) is 35.6 Å². The zero-order valence-electron chi connectivity index (χ0n) is 30.6. The van der Waals surface area contributed by atoms with Crippen LogP contribution in [0.5, 0.6) is 0 Å². The lowest BCUT2D eigenvalue weighted by molar-refractivity contribution is -0.160. The number of rotatable bonds is 8. The van der Waals surface area contributed by atoms with Crippen LogP contribution in [0.25, 0.3) is 44.6 Å². The van der Waals surface area contributed by atoms with E-state index in [1.165, 1.54) is 7.11 Å². The molecule has 0 aliphatic carbocycles. The Bertz CT molecular complexity index is 2130. The van der Waals surface area contributed by atoms with Crippen molar-refractivity contribution in [1.82, 2.24) is 24.6 Å². The van der Waals surface area contributed by atoms with E-state index in [9.17, 15) is 14.7 Å². The van der Waals surface area contributed by atoms with Crippen molar-refractivity contribution < 1.29 is 28.6 Å². The quantitative estimate of drug-likeness (QED) is 0.168. The topological polar surface area (TPSA) is 123 Å². The highest BCUT2D eigenvalue weighted by atomic mass is 35.5. The van der Waals surface area contributed by atoms with E-state index in [0.29, 0.717) is 51.6 Å². The molecule has 52 heavy (non-hydrogen) atoms. The van der Waals surface area contributed by atoms with Crippen molar-refractivity contribution in [1.29, 1.82) is 0 Å². The molecular weight excluding hydrogens is 682 g/mol. The number of fused-ring (bicyclic) bond motifs is 2. The maximum Gasteiger partial charge on any atom is 0.409 e. The van der Waals surface area contributed by atoms with Crippen molar-refractivity contribution in [3.05, 3.63) is 70.4 Å². The SMILES string of the molecule is CCn1nc(C2CCN([C@@H]3CCN(C(=O)OC)C3)CC2)c2cc(-c3nc4cc(C)c(C(OC(C)(C)C)C(=O)O)c(-c5ccc(Cl)cc5)c4o3)ccc21. The summed E-state index contributed by atoms with van der Waals surface area (Å²) in [6.07, 6.45) is 1.42. The third kappa shape index (κ3) is 6.89. The Morgan fingerprint density at radius 1 is 1.04 bits per heavy atom. The third-order valence-electron chi connectivity index (χ3n) is 10.4. The number of halogens is 1. The molecule has 1 N–H and O–H groups in total. The molecule has 7 rings (SSSR count). The molecule has 1 amide bonds. The zero-order valence-corrected chi connectivity index (χ0v) is 31.4. The number of methoxy groups -OCH3 is 1. The molecule has 274 valence electrons. The van der Waals surface area contributed by atoms with Gasteiger partial charge >= 0.3 is 12.1 Å². The second-order valence-corrected chi connectivity index (χ2v) is 15.3. The summed E-state index contributed by atoms with van der Waals surface area (Å²) in [5, 5.41) is 17.2. The summed E-state index contributed by atoms with van der Waals surface area (Å²) in [6, 6.07) is 15.7. The van der Waals surface area contributed by atoms with Crippen LogP contribution in [0, 0.1) is 6.92 Å². The summed E-state index contributed by atoms with van der Waals surface area (Å²) in [4.78, 5) is 34.1. The largest absolute Gasteiger partial charge is 0.479 e. The Labute approximate surface area is 308 Å². The average molecular weight is 728 g/mol. The van der Waals surface area contributed by atoms with Gasteiger partial charge in [0.25, 0.3) is 0 Å². The lowest BCUT2D eigenvalue weighted by Crippen LogP contribution is -2.43. The number of carbonyl (C=O) groups excluding carboxylic acids is 1. The maximum absolute atomic E-state index is 12.8. The van der Waals surface area contributed by atoms with Crippen molar-refractivity contribution in [2.75, 3.05) is 33.3 Å². The van der Waals surface area contributed by atoms with Gasteiger partial charge in [-0.25, -0.2) is 14.6 Å². The Balaban J connectivity index is 1.26. The minimum Gasteiger partial charge on any atom is -0.479 e. The lowest BCUT2D eigenvalue weighted by atomic mass is 9.90. The van der Waals surface area contributed by atoms with E-state index in [-0.39, 0.29) is 6.09 Å². The molecule has 3 aromatic carbocycles. The summed E-state index contributed by atoms with van der Waals surface area (Å²) in [7, 11) is 1.44. The van der Waals surface area contributed by atoms with Crippen molar-refractivity contribution in [3.8, 4) is 22.6 Å². The Kier molecular flexibility index (Phi) is 9.79. The predicted octanol–water partition coefficient (Wildman–Crippen LogP) is 8.45. The summed E-state index contributed by atoms with van der Waals surface area (Å²) >= 11 is 6.28. The van der Waals surface area contributed by atoms with Crippen molar-refractivity contribution in [2.45, 2.75) is 84.1 Å². The number of aryl methyl sites for hydroxylation is 2. The van der Waals surface area contributed by atoms with Crippen molar-refractivity contribution >= 4 is 45.7 Å². The number of aliphatic carboxylic acids is 1. The van der Waals surface area contributed by atoms with Gasteiger partial charge < -0.3 is 23.9 Å². The number of carbonyl (C=O) groups is 2. The summed E-state index contributed by atoms with van der Waals surface area (Å²) < 4.78 is 19.8. The number of benzene rings is 3. The summed E-state index contributed by atoms with van der Waals surface area (Å²) in [6.45, 7) is 13.6. The second-order valence-electron chi connectivity index (χ2n) is 14.9. The number of aromatic nitrogens is 3. The number of ether oxygens (including phenoxy) is 2. The first kappa shape index (κ1) is 35.9. The van der Waals surface area contributed by atoms with Gasteiger partial charge in [-0.3, -0.25) is 9.58 Å². The highest BCUT2D eigenvalue weighted by molar-refractivity contribution is 6.30. The van der Waals surface area contributed by atoms with Crippen LogP contribution < -0.4 is 0 Å². The monoisotopic (exact) mass is 727 g/mol. The molecular formula is C40H46ClN5O6. The van der Waals surface area contributed by atoms with Crippen LogP contribution in [-0.4, -0.2) is 86.7 Å². The number of carboxylic acid groups (broad SMARTS) is 1. The Morgan fingerprint density at radius 2 is 1.75 bits per heavy atom. The van der Waals surface area contributed by atoms with Crippen molar-refractivity contribution in [2.24, 2.45) is 0 Å². The third-order valence-corrected chi connectivity index (χ3v) is 10.6. The Hall–Kier alpha value is -4.45. The summed E-state index contributed by atoms with van der Waals surface area (Å²) in [5.74, 6) is -0.356. The first-order chi connectivity index (χ1) is 24.8. The molecule has 0 bridgehead atoms. The number of carboxylic acids is 1. The van der Waals surface area contributed by atoms with Gasteiger partial charge in [0.05, 0.1) is 23.9 Å². The van der Waals surface area contributed by atoms with Crippen LogP contribution in [0.4, 0.5) is 4.79 Å². The standard InChI is InChI=1S/C40H46ClN5O6/c1-7-46-31-13-10-26(21-29(31)34(43-46)25-14-17-44(18-15-25)28-16-19-45(22-28)39(49)50-6)37-42-30-20-23(2)32(36(38(47)48)52-40(3,4)5)33(35(30)51-37)24-8-11-27(41)12-9-24/h8-13,20-21,25,28,36H,7,14-19,22H2,1-6H3,(H,47,48)/t28-,36?/m1/s1. The maximum atomic E-state index is 12.8. The lowest BCUT2D eigenvalue weighted by Gasteiger charge is -2.35. The normalized spacial score (nSPS) is 18.1. The molecule has 0 spiro atoms. The van der Waals surface area contributed by atoms with E-state index < -0.39 is 17.7 Å². The molecule has 5 aromatic rings. The van der Waals surface area contributed by atoms with Gasteiger partial charge in [0, 0.05) is 58.7 Å². The van der Waals surface area contributed by atoms with Gasteiger partial charge in [0.15, 0.2) is 11.7 Å². The molecule has 2 fully saturated rings. The minimum atomic E-state index is -1.24. The van der Waals surface area contributed by atoms with Crippen molar-refractivity contribution in [3.63, 3.8) is 0 Å². The fourth-order valence-corrected chi connectivity index (χ4v) is 8.04. The van der Waals surface area contributed by atoms with E-state index in [1.807, 2.05) is 52.0 Å². The van der Waals surface area contributed by atoms with E-state index in [1.54, 1.807) is 17.0 Å². The van der Waals surface area contributed by atoms with Gasteiger partial charge in [0.1, 0.15) is 5.52 Å². The van der Waals surface area contributed by atoms with E-state index in [2.05, 4.69) is 28.6 Å². The van der Waals surface area contributed by atoms with Crippen LogP contribution in [-0.2, 0) is 20.8 Å².